The number of hydrogen-bond donors (Lipinski definition) is 0. The molecule has 0 aliphatic carbocycles. The summed E-state index contributed by atoms with van der Waals surface area (Å²) in [4.78, 5) is 5.60. The van der Waals surface area contributed by atoms with Gasteiger partial charge in [-0.3, -0.25) is 0 Å². The average molecular weight is 273 g/mol. The Morgan fingerprint density at radius 3 is 2.44 bits per heavy atom. The fraction of sp³-hybridized carbons (Fsp3) is 0.364. The Morgan fingerprint density at radius 1 is 1.22 bits per heavy atom. The number of nitrogens with zero attached hydrogens (tertiary/aromatic N) is 4. The molecule has 0 saturated heterocycles. The normalized spacial score (nSPS) is 11.9. The third-order valence-electron chi connectivity index (χ3n) is 2.44. The van der Waals surface area contributed by atoms with Crippen molar-refractivity contribution in [1.29, 1.82) is 0 Å². The second kappa shape index (κ2) is 4.28. The van der Waals surface area contributed by atoms with Crippen molar-refractivity contribution in [2.45, 2.75) is 12.8 Å². The number of hydrogen-bond acceptors (Lipinski definition) is 4. The van der Waals surface area contributed by atoms with Crippen LogP contribution in [0.25, 0.3) is 10.9 Å². The van der Waals surface area contributed by atoms with Crippen LogP contribution >= 0.6 is 11.6 Å². The number of pyridine rings is 1. The van der Waals surface area contributed by atoms with E-state index >= 15 is 0 Å². The van der Waals surface area contributed by atoms with Gasteiger partial charge in [0.05, 0.1) is 0 Å². The molecular formula is C11H11ClF2N4. The largest absolute Gasteiger partial charge is 0.359 e. The second-order valence-electron chi connectivity index (χ2n) is 4.19. The number of fused-ring (bicyclic) bond motifs is 1. The molecule has 0 aliphatic heterocycles. The van der Waals surface area contributed by atoms with Gasteiger partial charge in [0.15, 0.2) is 11.0 Å². The lowest BCUT2D eigenvalue weighted by Gasteiger charge is -2.15. The Kier molecular flexibility index (Phi) is 3.06. The number of anilines is 1. The van der Waals surface area contributed by atoms with E-state index < -0.39 is 5.92 Å². The maximum absolute atomic E-state index is 13.3. The van der Waals surface area contributed by atoms with Crippen LogP contribution < -0.4 is 4.90 Å². The summed E-state index contributed by atoms with van der Waals surface area (Å²) >= 11 is 5.88. The first-order valence-corrected chi connectivity index (χ1v) is 5.57. The van der Waals surface area contributed by atoms with Crippen molar-refractivity contribution in [2.75, 3.05) is 19.0 Å². The van der Waals surface area contributed by atoms with E-state index in [1.807, 2.05) is 0 Å². The van der Waals surface area contributed by atoms with E-state index in [0.717, 1.165) is 6.92 Å². The van der Waals surface area contributed by atoms with Crippen molar-refractivity contribution in [3.05, 3.63) is 23.0 Å². The fourth-order valence-corrected chi connectivity index (χ4v) is 1.72. The van der Waals surface area contributed by atoms with Crippen molar-refractivity contribution >= 4 is 28.3 Å². The van der Waals surface area contributed by atoms with Crippen molar-refractivity contribution in [1.82, 2.24) is 15.2 Å². The summed E-state index contributed by atoms with van der Waals surface area (Å²) in [6.45, 7) is 0.798. The summed E-state index contributed by atoms with van der Waals surface area (Å²) < 4.78 is 26.5. The highest BCUT2D eigenvalue weighted by Gasteiger charge is 2.27. The van der Waals surface area contributed by atoms with Crippen molar-refractivity contribution in [2.24, 2.45) is 0 Å². The van der Waals surface area contributed by atoms with Gasteiger partial charge in [0.1, 0.15) is 11.2 Å². The third kappa shape index (κ3) is 2.20. The molecule has 0 fully saturated rings. The SMILES string of the molecule is CN(C)c1nnc(Cl)c2ccc(C(C)(F)F)nc12. The predicted octanol–water partition coefficient (Wildman–Crippen LogP) is 2.86. The molecule has 0 unspecified atom stereocenters. The zero-order valence-electron chi connectivity index (χ0n) is 10.1. The van der Waals surface area contributed by atoms with Gasteiger partial charge in [0.25, 0.3) is 5.92 Å². The molecule has 0 N–H and O–H groups in total. The van der Waals surface area contributed by atoms with Gasteiger partial charge in [-0.05, 0) is 12.1 Å². The molecule has 2 heterocycles. The van der Waals surface area contributed by atoms with E-state index in [1.165, 1.54) is 12.1 Å². The van der Waals surface area contributed by atoms with E-state index in [1.54, 1.807) is 19.0 Å². The lowest BCUT2D eigenvalue weighted by molar-refractivity contribution is 0.0131. The Balaban J connectivity index is 2.77. The summed E-state index contributed by atoms with van der Waals surface area (Å²) in [7, 11) is 3.46. The summed E-state index contributed by atoms with van der Waals surface area (Å²) in [5.41, 5.74) is 0.00110. The zero-order valence-corrected chi connectivity index (χ0v) is 10.8. The topological polar surface area (TPSA) is 41.9 Å². The van der Waals surface area contributed by atoms with Crippen molar-refractivity contribution in [3.8, 4) is 0 Å². The quantitative estimate of drug-likeness (QED) is 0.843. The molecule has 2 aromatic rings. The van der Waals surface area contributed by atoms with Gasteiger partial charge in [-0.2, -0.15) is 8.78 Å². The van der Waals surface area contributed by atoms with Crippen molar-refractivity contribution in [3.63, 3.8) is 0 Å². The average Bonchev–Trinajstić information content (AvgIpc) is 2.27. The first-order chi connectivity index (χ1) is 8.30. The highest BCUT2D eigenvalue weighted by Crippen LogP contribution is 2.31. The molecule has 18 heavy (non-hydrogen) atoms. The molecule has 2 rings (SSSR count). The molecule has 0 saturated carbocycles. The molecule has 0 aliphatic rings. The van der Waals surface area contributed by atoms with Crippen LogP contribution in [-0.2, 0) is 5.92 Å². The highest BCUT2D eigenvalue weighted by atomic mass is 35.5. The lowest BCUT2D eigenvalue weighted by atomic mass is 10.2. The maximum Gasteiger partial charge on any atom is 0.286 e. The molecule has 0 aromatic carbocycles. The van der Waals surface area contributed by atoms with E-state index in [4.69, 9.17) is 11.6 Å². The van der Waals surface area contributed by atoms with Crippen LogP contribution in [0.1, 0.15) is 12.6 Å². The summed E-state index contributed by atoms with van der Waals surface area (Å²) in [6, 6.07) is 2.73. The van der Waals surface area contributed by atoms with Crippen LogP contribution in [0.3, 0.4) is 0 Å². The smallest absolute Gasteiger partial charge is 0.286 e. The zero-order chi connectivity index (χ0) is 13.5. The van der Waals surface area contributed by atoms with Crippen LogP contribution in [0.4, 0.5) is 14.6 Å². The summed E-state index contributed by atoms with van der Waals surface area (Å²) in [5, 5.41) is 8.28. The molecule has 0 radical (unpaired) electrons. The Hall–Kier alpha value is -1.56. The van der Waals surface area contributed by atoms with Crippen molar-refractivity contribution < 1.29 is 8.78 Å². The molecule has 0 bridgehead atoms. The van der Waals surface area contributed by atoms with Gasteiger partial charge >= 0.3 is 0 Å². The van der Waals surface area contributed by atoms with Gasteiger partial charge < -0.3 is 4.90 Å². The minimum absolute atomic E-state index is 0.147. The number of rotatable bonds is 2. The number of aromatic nitrogens is 3. The van der Waals surface area contributed by atoms with E-state index in [0.29, 0.717) is 16.7 Å². The standard InChI is InChI=1S/C11H11ClF2N4/c1-11(13,14)7-5-4-6-8(15-7)10(18(2)3)17-16-9(6)12/h4-5H,1-3H3. The van der Waals surface area contributed by atoms with Gasteiger partial charge in [0.2, 0.25) is 0 Å². The lowest BCUT2D eigenvalue weighted by Crippen LogP contribution is -2.15. The van der Waals surface area contributed by atoms with Crippen LogP contribution in [0, 0.1) is 0 Å². The third-order valence-corrected chi connectivity index (χ3v) is 2.71. The fourth-order valence-electron chi connectivity index (χ4n) is 1.53. The molecule has 96 valence electrons. The summed E-state index contributed by atoms with van der Waals surface area (Å²) in [6.07, 6.45) is 0. The monoisotopic (exact) mass is 272 g/mol. The molecule has 7 heteroatoms. The molecule has 0 atom stereocenters. The van der Waals surface area contributed by atoms with E-state index in [2.05, 4.69) is 15.2 Å². The highest BCUT2D eigenvalue weighted by molar-refractivity contribution is 6.34. The van der Waals surface area contributed by atoms with Gasteiger partial charge in [-0.1, -0.05) is 11.6 Å². The number of halogens is 3. The molecule has 0 spiro atoms. The summed E-state index contributed by atoms with van der Waals surface area (Å²) in [5.74, 6) is -2.60. The number of alkyl halides is 2. The predicted molar refractivity (Wildman–Crippen MR) is 66.2 cm³/mol. The van der Waals surface area contributed by atoms with Gasteiger partial charge in [-0.25, -0.2) is 4.98 Å². The minimum atomic E-state index is -3.01. The van der Waals surface area contributed by atoms with Crippen LogP contribution in [0.5, 0.6) is 0 Å². The van der Waals surface area contributed by atoms with Crippen LogP contribution in [0.2, 0.25) is 5.15 Å². The maximum atomic E-state index is 13.3. The molecule has 4 nitrogen and oxygen atoms in total. The second-order valence-corrected chi connectivity index (χ2v) is 4.55. The Labute approximate surface area is 108 Å². The molecular weight excluding hydrogens is 262 g/mol. The van der Waals surface area contributed by atoms with Crippen LogP contribution in [-0.4, -0.2) is 29.3 Å². The Morgan fingerprint density at radius 2 is 1.89 bits per heavy atom. The van der Waals surface area contributed by atoms with E-state index in [9.17, 15) is 8.78 Å². The van der Waals surface area contributed by atoms with Gasteiger partial charge in [0, 0.05) is 26.4 Å². The first kappa shape index (κ1) is 12.9. The molecule has 0 amide bonds. The van der Waals surface area contributed by atoms with Gasteiger partial charge in [-0.15, -0.1) is 10.2 Å². The van der Waals surface area contributed by atoms with Crippen LogP contribution in [0.15, 0.2) is 12.1 Å². The minimum Gasteiger partial charge on any atom is -0.359 e. The molecule has 2 aromatic heterocycles. The first-order valence-electron chi connectivity index (χ1n) is 5.19. The Bertz CT molecular complexity index is 595. The van der Waals surface area contributed by atoms with E-state index in [-0.39, 0.29) is 10.8 Å².